The van der Waals surface area contributed by atoms with Gasteiger partial charge in [-0.1, -0.05) is 26.0 Å². The van der Waals surface area contributed by atoms with Crippen LogP contribution in [0.1, 0.15) is 31.9 Å². The lowest BCUT2D eigenvalue weighted by atomic mass is 9.57. The topological polar surface area (TPSA) is 55.8 Å². The van der Waals surface area contributed by atoms with Gasteiger partial charge in [0.25, 0.3) is 0 Å². The highest BCUT2D eigenvalue weighted by molar-refractivity contribution is 7.34. The lowest BCUT2D eigenvalue weighted by Crippen LogP contribution is -2.59. The van der Waals surface area contributed by atoms with Crippen LogP contribution in [0.3, 0.4) is 0 Å². The van der Waals surface area contributed by atoms with Crippen molar-refractivity contribution >= 4 is 19.7 Å². The number of carbonyl (C=O) groups excluding carboxylic acids is 1. The van der Waals surface area contributed by atoms with Crippen LogP contribution >= 0.6 is 8.46 Å². The predicted molar refractivity (Wildman–Crippen MR) is 99.4 cm³/mol. The van der Waals surface area contributed by atoms with Gasteiger partial charge in [0.05, 0.1) is 5.30 Å². The summed E-state index contributed by atoms with van der Waals surface area (Å²) in [5.41, 5.74) is 2.08. The van der Waals surface area contributed by atoms with E-state index in [2.05, 4.69) is 37.9 Å². The van der Waals surface area contributed by atoms with Crippen LogP contribution < -0.4 is 10.0 Å². The van der Waals surface area contributed by atoms with Crippen molar-refractivity contribution in [2.45, 2.75) is 50.9 Å². The summed E-state index contributed by atoms with van der Waals surface area (Å²) in [6, 6.07) is 4.32. The normalized spacial score (nSPS) is 33.9. The van der Waals surface area contributed by atoms with E-state index in [1.807, 2.05) is 12.1 Å². The highest BCUT2D eigenvalue weighted by Crippen LogP contribution is 2.57. The molecule has 0 radical (unpaired) electrons. The number of rotatable bonds is 4. The van der Waals surface area contributed by atoms with Gasteiger partial charge in [0.2, 0.25) is 0 Å². The lowest BCUT2D eigenvalue weighted by Gasteiger charge is -2.50. The molecule has 0 N–H and O–H groups in total. The van der Waals surface area contributed by atoms with E-state index in [-0.39, 0.29) is 31.9 Å². The van der Waals surface area contributed by atoms with Crippen molar-refractivity contribution in [2.24, 2.45) is 5.92 Å². The van der Waals surface area contributed by atoms with Gasteiger partial charge in [-0.15, -0.1) is 0 Å². The molecule has 2 aliphatic carbocycles. The van der Waals surface area contributed by atoms with Crippen molar-refractivity contribution in [3.8, 4) is 5.75 Å². The Kier molecular flexibility index (Phi) is 4.20. The summed E-state index contributed by atoms with van der Waals surface area (Å²) in [7, 11) is 2.11. The molecule has 0 aromatic heterocycles. The predicted octanol–water partition coefficient (Wildman–Crippen LogP) is 2.62. The van der Waals surface area contributed by atoms with Crippen LogP contribution in [-0.4, -0.2) is 42.7 Å². The van der Waals surface area contributed by atoms with Gasteiger partial charge in [-0.25, -0.2) is 0 Å². The Hall–Kier alpha value is -1.71. The highest BCUT2D eigenvalue weighted by Gasteiger charge is 2.60. The van der Waals surface area contributed by atoms with Crippen LogP contribution in [-0.2, 0) is 25.9 Å². The number of hydrogen-bond acceptors (Lipinski definition) is 5. The summed E-state index contributed by atoms with van der Waals surface area (Å²) in [5, 5.41) is 0.669. The van der Waals surface area contributed by atoms with Crippen LogP contribution in [0.5, 0.6) is 5.75 Å². The molecule has 5 atom stereocenters. The number of likely N-dealkylation sites (N-methyl/N-ethyl adjacent to an activating group) is 1. The fourth-order valence-corrected chi connectivity index (χ4v) is 5.47. The number of carbonyl (C=O) groups is 1. The van der Waals surface area contributed by atoms with Crippen molar-refractivity contribution in [1.82, 2.24) is 4.90 Å². The van der Waals surface area contributed by atoms with E-state index in [1.54, 1.807) is 0 Å². The Labute approximate surface area is 155 Å². The van der Waals surface area contributed by atoms with Crippen LogP contribution in [0, 0.1) is 5.92 Å². The summed E-state index contributed by atoms with van der Waals surface area (Å²) in [6.07, 6.45) is 4.37. The van der Waals surface area contributed by atoms with E-state index in [1.165, 1.54) is 12.5 Å². The second-order valence-corrected chi connectivity index (χ2v) is 8.35. The third-order valence-electron chi connectivity index (χ3n) is 6.41. The zero-order valence-corrected chi connectivity index (χ0v) is 16.5. The minimum absolute atomic E-state index is 0.0485. The van der Waals surface area contributed by atoms with Gasteiger partial charge >= 0.3 is 5.97 Å². The first kappa shape index (κ1) is 17.7. The molecule has 1 aromatic carbocycles. The van der Waals surface area contributed by atoms with E-state index >= 15 is 0 Å². The Morgan fingerprint density at radius 3 is 2.85 bits per heavy atom. The molecule has 6 heteroatoms. The summed E-state index contributed by atoms with van der Waals surface area (Å²) >= 11 is 0. The molecule has 5 nitrogen and oxygen atoms in total. The zero-order chi connectivity index (χ0) is 18.6. The second kappa shape index (κ2) is 6.17. The first-order valence-corrected chi connectivity index (χ1v) is 9.95. The molecular formula is C20H24NO4P. The number of benzene rings is 1. The number of esters is 1. The second-order valence-electron chi connectivity index (χ2n) is 7.69. The maximum absolute atomic E-state index is 11.7. The van der Waals surface area contributed by atoms with E-state index in [9.17, 15) is 9.36 Å². The molecular weight excluding hydrogens is 349 g/mol. The van der Waals surface area contributed by atoms with Gasteiger partial charge in [0, 0.05) is 29.9 Å². The molecule has 0 spiro atoms. The standard InChI is InChI=1S/C20H24NO4P/c1-5-21(4)14-10-12-6-9-16(26-23)18-17(12)20(3)13(14)7-8-15(19(20)25-18)24-11(2)22/h6-9,13-15,19H,5,10H2,1-4H3/t13-,14+,15+,19?,20-/m0/s1. The fourth-order valence-electron chi connectivity index (χ4n) is 5.09. The van der Waals surface area contributed by atoms with Gasteiger partial charge in [0.1, 0.15) is 11.9 Å². The van der Waals surface area contributed by atoms with Crippen LogP contribution in [0.15, 0.2) is 24.3 Å². The summed E-state index contributed by atoms with van der Waals surface area (Å²) < 4.78 is 23.6. The molecule has 1 aromatic rings. The Morgan fingerprint density at radius 2 is 2.19 bits per heavy atom. The average Bonchev–Trinajstić information content (AvgIpc) is 2.94. The molecule has 138 valence electrons. The third kappa shape index (κ3) is 2.30. The smallest absolute Gasteiger partial charge is 0.303 e. The molecule has 4 rings (SSSR count). The maximum atomic E-state index is 11.7. The average molecular weight is 373 g/mol. The summed E-state index contributed by atoms with van der Waals surface area (Å²) in [6.45, 7) is 6.76. The maximum Gasteiger partial charge on any atom is 0.303 e. The molecule has 26 heavy (non-hydrogen) atoms. The van der Waals surface area contributed by atoms with Gasteiger partial charge in [-0.05, 0) is 37.7 Å². The van der Waals surface area contributed by atoms with Gasteiger partial charge in [-0.3, -0.25) is 9.36 Å². The Balaban J connectivity index is 1.91. The SMILES string of the molecule is CCN(C)[C@@H]1Cc2ccc(P=O)c3c2[C@@]2(C)C(O3)[C@H](OC(C)=O)C=C[C@@H]12. The quantitative estimate of drug-likeness (QED) is 0.461. The van der Waals surface area contributed by atoms with Gasteiger partial charge in [0.15, 0.2) is 14.6 Å². The molecule has 1 aliphatic heterocycles. The summed E-state index contributed by atoms with van der Waals surface area (Å²) in [4.78, 5) is 14.0. The van der Waals surface area contributed by atoms with E-state index in [0.29, 0.717) is 11.3 Å². The molecule has 0 saturated carbocycles. The van der Waals surface area contributed by atoms with Crippen molar-refractivity contribution in [1.29, 1.82) is 0 Å². The molecule has 1 unspecified atom stereocenters. The summed E-state index contributed by atoms with van der Waals surface area (Å²) in [5.74, 6) is 0.647. The molecule has 3 aliphatic rings. The Morgan fingerprint density at radius 1 is 1.42 bits per heavy atom. The highest BCUT2D eigenvalue weighted by atomic mass is 31.1. The number of hydrogen-bond donors (Lipinski definition) is 0. The van der Waals surface area contributed by atoms with Crippen molar-refractivity contribution in [3.05, 3.63) is 35.4 Å². The molecule has 0 amide bonds. The monoisotopic (exact) mass is 373 g/mol. The van der Waals surface area contributed by atoms with Crippen molar-refractivity contribution < 1.29 is 18.8 Å². The number of nitrogens with zero attached hydrogens (tertiary/aromatic N) is 1. The number of ether oxygens (including phenoxy) is 2. The van der Waals surface area contributed by atoms with Crippen molar-refractivity contribution in [3.63, 3.8) is 0 Å². The third-order valence-corrected chi connectivity index (χ3v) is 6.95. The fraction of sp³-hybridized carbons (Fsp3) is 0.550. The van der Waals surface area contributed by atoms with Crippen LogP contribution in [0.4, 0.5) is 0 Å². The molecule has 1 heterocycles. The van der Waals surface area contributed by atoms with E-state index in [4.69, 9.17) is 9.47 Å². The minimum atomic E-state index is -0.434. The lowest BCUT2D eigenvalue weighted by molar-refractivity contribution is -0.150. The van der Waals surface area contributed by atoms with Crippen molar-refractivity contribution in [2.75, 3.05) is 13.6 Å². The van der Waals surface area contributed by atoms with Gasteiger partial charge in [-0.2, -0.15) is 0 Å². The Bertz CT molecular complexity index is 807. The molecule has 0 fully saturated rings. The first-order chi connectivity index (χ1) is 12.4. The zero-order valence-electron chi connectivity index (χ0n) is 15.6. The van der Waals surface area contributed by atoms with Crippen LogP contribution in [0.25, 0.3) is 0 Å². The first-order valence-electron chi connectivity index (χ1n) is 9.14. The van der Waals surface area contributed by atoms with E-state index in [0.717, 1.165) is 24.3 Å². The van der Waals surface area contributed by atoms with Gasteiger partial charge < -0.3 is 14.4 Å². The largest absolute Gasteiger partial charge is 0.484 e. The van der Waals surface area contributed by atoms with Crippen LogP contribution in [0.2, 0.25) is 0 Å². The minimum Gasteiger partial charge on any atom is -0.484 e. The molecule has 0 saturated heterocycles. The molecule has 0 bridgehead atoms. The van der Waals surface area contributed by atoms with E-state index < -0.39 is 6.10 Å².